The third-order valence-corrected chi connectivity index (χ3v) is 5.11. The Morgan fingerprint density at radius 1 is 1.11 bits per heavy atom. The highest BCUT2D eigenvalue weighted by atomic mass is 32.2. The maximum Gasteiger partial charge on any atom is 0.178 e. The number of anilines is 1. The Balaban J connectivity index is 2.71. The van der Waals surface area contributed by atoms with E-state index in [0.717, 1.165) is 18.5 Å². The lowest BCUT2D eigenvalue weighted by Gasteiger charge is -2.18. The van der Waals surface area contributed by atoms with Crippen molar-refractivity contribution in [1.82, 2.24) is 0 Å². The van der Waals surface area contributed by atoms with Crippen LogP contribution in [0, 0.1) is 0 Å². The molecule has 1 aromatic rings. The highest BCUT2D eigenvalue weighted by Gasteiger charge is 2.11. The second-order valence-electron chi connectivity index (χ2n) is 4.82. The van der Waals surface area contributed by atoms with Crippen LogP contribution in [-0.4, -0.2) is 20.2 Å². The topological polar surface area (TPSA) is 46.2 Å². The van der Waals surface area contributed by atoms with E-state index in [1.807, 2.05) is 12.1 Å². The summed E-state index contributed by atoms with van der Waals surface area (Å²) >= 11 is 0. The fourth-order valence-corrected chi connectivity index (χ4v) is 2.87. The van der Waals surface area contributed by atoms with Crippen LogP contribution >= 0.6 is 0 Å². The van der Waals surface area contributed by atoms with Crippen LogP contribution in [0.3, 0.4) is 0 Å². The van der Waals surface area contributed by atoms with E-state index >= 15 is 0 Å². The van der Waals surface area contributed by atoms with E-state index in [4.69, 9.17) is 0 Å². The lowest BCUT2D eigenvalue weighted by molar-refractivity contribution is 0.593. The average Bonchev–Trinajstić information content (AvgIpc) is 2.44. The molecule has 0 fully saturated rings. The molecule has 1 rings (SSSR count). The minimum absolute atomic E-state index is 0.147. The molecule has 0 aliphatic heterocycles. The normalized spacial score (nSPS) is 13.2. The monoisotopic (exact) mass is 283 g/mol. The minimum atomic E-state index is -3.09. The SMILES string of the molecule is CCCCC(CC)Nc1ccc(S(=O)(=O)CC)cc1. The summed E-state index contributed by atoms with van der Waals surface area (Å²) < 4.78 is 23.4. The van der Waals surface area contributed by atoms with Crippen molar-refractivity contribution in [2.24, 2.45) is 0 Å². The third kappa shape index (κ3) is 4.86. The zero-order valence-corrected chi connectivity index (χ0v) is 13.0. The summed E-state index contributed by atoms with van der Waals surface area (Å²) in [5, 5.41) is 3.47. The summed E-state index contributed by atoms with van der Waals surface area (Å²) in [5.41, 5.74) is 0.998. The second kappa shape index (κ2) is 7.53. The van der Waals surface area contributed by atoms with E-state index in [-0.39, 0.29) is 5.75 Å². The van der Waals surface area contributed by atoms with Crippen LogP contribution in [0.5, 0.6) is 0 Å². The van der Waals surface area contributed by atoms with Crippen LogP contribution in [0.25, 0.3) is 0 Å². The van der Waals surface area contributed by atoms with Gasteiger partial charge in [0.25, 0.3) is 0 Å². The molecule has 0 amide bonds. The smallest absolute Gasteiger partial charge is 0.178 e. The van der Waals surface area contributed by atoms with Gasteiger partial charge in [-0.3, -0.25) is 0 Å². The van der Waals surface area contributed by atoms with Gasteiger partial charge in [-0.05, 0) is 37.1 Å². The van der Waals surface area contributed by atoms with Crippen LogP contribution in [0.2, 0.25) is 0 Å². The summed E-state index contributed by atoms with van der Waals surface area (Å²) in [6, 6.07) is 7.56. The largest absolute Gasteiger partial charge is 0.382 e. The van der Waals surface area contributed by atoms with Gasteiger partial charge in [0, 0.05) is 11.7 Å². The third-order valence-electron chi connectivity index (χ3n) is 3.36. The predicted octanol–water partition coefficient (Wildman–Crippen LogP) is 3.86. The first-order valence-corrected chi connectivity index (χ1v) is 8.78. The Hall–Kier alpha value is -1.03. The lowest BCUT2D eigenvalue weighted by atomic mass is 10.1. The van der Waals surface area contributed by atoms with Crippen LogP contribution in [0.1, 0.15) is 46.5 Å². The molecule has 0 saturated heterocycles. The van der Waals surface area contributed by atoms with E-state index < -0.39 is 9.84 Å². The van der Waals surface area contributed by atoms with E-state index in [1.165, 1.54) is 12.8 Å². The molecule has 1 atom stereocenters. The molecule has 0 bridgehead atoms. The molecule has 0 aromatic heterocycles. The van der Waals surface area contributed by atoms with Crippen molar-refractivity contribution in [3.8, 4) is 0 Å². The molecule has 0 radical (unpaired) electrons. The fraction of sp³-hybridized carbons (Fsp3) is 0.600. The number of rotatable bonds is 8. The summed E-state index contributed by atoms with van der Waals surface area (Å²) in [5.74, 6) is 0.147. The van der Waals surface area contributed by atoms with Crippen molar-refractivity contribution in [3.05, 3.63) is 24.3 Å². The Labute approximate surface area is 117 Å². The van der Waals surface area contributed by atoms with Gasteiger partial charge in [0.2, 0.25) is 0 Å². The molecule has 3 nitrogen and oxygen atoms in total. The molecule has 4 heteroatoms. The zero-order valence-electron chi connectivity index (χ0n) is 12.1. The highest BCUT2D eigenvalue weighted by Crippen LogP contribution is 2.18. The van der Waals surface area contributed by atoms with Gasteiger partial charge in [0.15, 0.2) is 9.84 Å². The van der Waals surface area contributed by atoms with Crippen molar-refractivity contribution in [3.63, 3.8) is 0 Å². The first-order valence-electron chi connectivity index (χ1n) is 7.12. The standard InChI is InChI=1S/C15H25NO2S/c1-4-7-8-13(5-2)16-14-9-11-15(12-10-14)19(17,18)6-3/h9-13,16H,4-8H2,1-3H3. The molecule has 0 saturated carbocycles. The maximum absolute atomic E-state index is 11.7. The molecule has 0 aliphatic rings. The van der Waals surface area contributed by atoms with Gasteiger partial charge < -0.3 is 5.32 Å². The van der Waals surface area contributed by atoms with Crippen molar-refractivity contribution in [1.29, 1.82) is 0 Å². The first-order chi connectivity index (χ1) is 9.03. The van der Waals surface area contributed by atoms with Crippen molar-refractivity contribution >= 4 is 15.5 Å². The molecule has 0 heterocycles. The van der Waals surface area contributed by atoms with Crippen LogP contribution in [-0.2, 0) is 9.84 Å². The fourth-order valence-electron chi connectivity index (χ4n) is 1.99. The minimum Gasteiger partial charge on any atom is -0.382 e. The molecular formula is C15H25NO2S. The molecule has 1 aromatic carbocycles. The maximum atomic E-state index is 11.7. The van der Waals surface area contributed by atoms with Gasteiger partial charge in [-0.2, -0.15) is 0 Å². The molecule has 19 heavy (non-hydrogen) atoms. The van der Waals surface area contributed by atoms with Gasteiger partial charge in [-0.1, -0.05) is 33.6 Å². The number of hydrogen-bond donors (Lipinski definition) is 1. The van der Waals surface area contributed by atoms with Crippen LogP contribution in [0.15, 0.2) is 29.2 Å². The van der Waals surface area contributed by atoms with E-state index in [0.29, 0.717) is 10.9 Å². The number of nitrogens with one attached hydrogen (secondary N) is 1. The summed E-state index contributed by atoms with van der Waals surface area (Å²) in [7, 11) is -3.09. The van der Waals surface area contributed by atoms with Gasteiger partial charge >= 0.3 is 0 Å². The lowest BCUT2D eigenvalue weighted by Crippen LogP contribution is -2.18. The Bertz CT molecular complexity index is 465. The number of sulfone groups is 1. The van der Waals surface area contributed by atoms with E-state index in [9.17, 15) is 8.42 Å². The number of hydrogen-bond acceptors (Lipinski definition) is 3. The van der Waals surface area contributed by atoms with Crippen molar-refractivity contribution in [2.75, 3.05) is 11.1 Å². The van der Waals surface area contributed by atoms with E-state index in [1.54, 1.807) is 19.1 Å². The van der Waals surface area contributed by atoms with Crippen molar-refractivity contribution < 1.29 is 8.42 Å². The van der Waals surface area contributed by atoms with Crippen LogP contribution < -0.4 is 5.32 Å². The van der Waals surface area contributed by atoms with Gasteiger partial charge in [0.05, 0.1) is 10.6 Å². The summed E-state index contributed by atoms with van der Waals surface area (Å²) in [6.45, 7) is 6.03. The Morgan fingerprint density at radius 2 is 1.74 bits per heavy atom. The number of benzene rings is 1. The van der Waals surface area contributed by atoms with Gasteiger partial charge in [0.1, 0.15) is 0 Å². The van der Waals surface area contributed by atoms with Gasteiger partial charge in [-0.15, -0.1) is 0 Å². The molecule has 108 valence electrons. The Kier molecular flexibility index (Phi) is 6.35. The quantitative estimate of drug-likeness (QED) is 0.788. The second-order valence-corrected chi connectivity index (χ2v) is 7.10. The summed E-state index contributed by atoms with van der Waals surface area (Å²) in [6.07, 6.45) is 4.65. The average molecular weight is 283 g/mol. The summed E-state index contributed by atoms with van der Waals surface area (Å²) in [4.78, 5) is 0.405. The Morgan fingerprint density at radius 3 is 2.21 bits per heavy atom. The molecule has 1 unspecified atom stereocenters. The molecular weight excluding hydrogens is 258 g/mol. The predicted molar refractivity (Wildman–Crippen MR) is 81.4 cm³/mol. The van der Waals surface area contributed by atoms with Gasteiger partial charge in [-0.25, -0.2) is 8.42 Å². The zero-order chi connectivity index (χ0) is 14.3. The molecule has 0 aliphatic carbocycles. The van der Waals surface area contributed by atoms with E-state index in [2.05, 4.69) is 19.2 Å². The molecule has 0 spiro atoms. The van der Waals surface area contributed by atoms with Crippen molar-refractivity contribution in [2.45, 2.75) is 57.4 Å². The molecule has 1 N–H and O–H groups in total. The highest BCUT2D eigenvalue weighted by molar-refractivity contribution is 7.91. The first kappa shape index (κ1) is 16.0. The number of unbranched alkanes of at least 4 members (excludes halogenated alkanes) is 1. The van der Waals surface area contributed by atoms with Crippen LogP contribution in [0.4, 0.5) is 5.69 Å².